The van der Waals surface area contributed by atoms with E-state index in [1.165, 1.54) is 24.9 Å². The fourth-order valence-electron chi connectivity index (χ4n) is 3.27. The first kappa shape index (κ1) is 16.4. The van der Waals surface area contributed by atoms with Gasteiger partial charge in [0, 0.05) is 23.7 Å². The molecule has 0 N–H and O–H groups in total. The van der Waals surface area contributed by atoms with Crippen molar-refractivity contribution in [2.45, 2.75) is 38.3 Å². The van der Waals surface area contributed by atoms with Crippen LogP contribution in [0.2, 0.25) is 5.02 Å². The summed E-state index contributed by atoms with van der Waals surface area (Å²) in [6.07, 6.45) is 3.57. The number of halogens is 1. The topological polar surface area (TPSA) is 12.5 Å². The van der Waals surface area contributed by atoms with Crippen molar-refractivity contribution in [3.63, 3.8) is 0 Å². The number of nitrogens with zero attached hydrogens (tertiary/aromatic N) is 1. The number of hydrogen-bond acceptors (Lipinski definition) is 2. The van der Waals surface area contributed by atoms with Crippen LogP contribution in [0.25, 0.3) is 0 Å². The molecule has 2 aromatic rings. The molecule has 2 unspecified atom stereocenters. The van der Waals surface area contributed by atoms with Crippen molar-refractivity contribution in [3.05, 3.63) is 65.2 Å². The number of ether oxygens (including phenoxy) is 1. The molecule has 0 aromatic heterocycles. The molecule has 3 rings (SSSR count). The molecule has 0 spiro atoms. The molecule has 0 amide bonds. The van der Waals surface area contributed by atoms with E-state index in [1.807, 2.05) is 24.3 Å². The van der Waals surface area contributed by atoms with Crippen molar-refractivity contribution in [1.29, 1.82) is 0 Å². The Morgan fingerprint density at radius 2 is 2.00 bits per heavy atom. The molecule has 3 heteroatoms. The predicted molar refractivity (Wildman–Crippen MR) is 96.1 cm³/mol. The van der Waals surface area contributed by atoms with E-state index in [1.54, 1.807) is 0 Å². The van der Waals surface area contributed by atoms with Gasteiger partial charge in [-0.1, -0.05) is 48.0 Å². The van der Waals surface area contributed by atoms with Crippen molar-refractivity contribution >= 4 is 11.6 Å². The number of benzene rings is 2. The van der Waals surface area contributed by atoms with Crippen LogP contribution in [0.15, 0.2) is 54.6 Å². The lowest BCUT2D eigenvalue weighted by molar-refractivity contribution is 0.0390. The average molecular weight is 330 g/mol. The second-order valence-corrected chi connectivity index (χ2v) is 6.65. The van der Waals surface area contributed by atoms with Crippen molar-refractivity contribution in [2.75, 3.05) is 13.2 Å². The Balaban J connectivity index is 1.42. The molecule has 1 fully saturated rings. The third kappa shape index (κ3) is 4.27. The fourth-order valence-corrected chi connectivity index (χ4v) is 3.45. The quantitative estimate of drug-likeness (QED) is 0.636. The second kappa shape index (κ2) is 7.85. The lowest BCUT2D eigenvalue weighted by Crippen LogP contribution is -2.48. The third-order valence-corrected chi connectivity index (χ3v) is 4.95. The van der Waals surface area contributed by atoms with Gasteiger partial charge in [0.25, 0.3) is 0 Å². The number of hydrogen-bond donors (Lipinski definition) is 0. The van der Waals surface area contributed by atoms with Crippen molar-refractivity contribution < 1.29 is 4.74 Å². The van der Waals surface area contributed by atoms with E-state index in [4.69, 9.17) is 16.3 Å². The van der Waals surface area contributed by atoms with Gasteiger partial charge < -0.3 is 4.74 Å². The predicted octanol–water partition coefficient (Wildman–Crippen LogP) is 5.33. The highest BCUT2D eigenvalue weighted by atomic mass is 35.5. The molecule has 2 aromatic carbocycles. The van der Waals surface area contributed by atoms with Crippen LogP contribution in [0.3, 0.4) is 0 Å². The van der Waals surface area contributed by atoms with Crippen molar-refractivity contribution in [3.8, 4) is 5.75 Å². The van der Waals surface area contributed by atoms with Crippen LogP contribution in [-0.2, 0) is 0 Å². The average Bonchev–Trinajstić information content (AvgIpc) is 2.54. The molecule has 0 bridgehead atoms. The van der Waals surface area contributed by atoms with Gasteiger partial charge >= 0.3 is 0 Å². The molecule has 0 radical (unpaired) electrons. The highest BCUT2D eigenvalue weighted by molar-refractivity contribution is 6.30. The zero-order chi connectivity index (χ0) is 16.1. The smallest absolute Gasteiger partial charge is 0.120 e. The fraction of sp³-hybridized carbons (Fsp3) is 0.400. The second-order valence-electron chi connectivity index (χ2n) is 6.22. The van der Waals surface area contributed by atoms with Crippen LogP contribution < -0.4 is 4.74 Å². The summed E-state index contributed by atoms with van der Waals surface area (Å²) in [5.74, 6) is 0.862. The van der Waals surface area contributed by atoms with Crippen molar-refractivity contribution in [2.24, 2.45) is 0 Å². The number of rotatable bonds is 7. The zero-order valence-electron chi connectivity index (χ0n) is 13.6. The Morgan fingerprint density at radius 1 is 1.17 bits per heavy atom. The van der Waals surface area contributed by atoms with Gasteiger partial charge in [-0.15, -0.1) is 0 Å². The molecule has 0 aliphatic carbocycles. The van der Waals surface area contributed by atoms with Crippen LogP contribution in [0.1, 0.15) is 37.8 Å². The van der Waals surface area contributed by atoms with Gasteiger partial charge in [-0.3, -0.25) is 4.90 Å². The van der Waals surface area contributed by atoms with E-state index in [0.29, 0.717) is 12.1 Å². The first-order valence-electron chi connectivity index (χ1n) is 8.43. The summed E-state index contributed by atoms with van der Waals surface area (Å²) >= 11 is 5.97. The van der Waals surface area contributed by atoms with Crippen LogP contribution in [0.5, 0.6) is 5.75 Å². The third-order valence-electron chi connectivity index (χ3n) is 4.72. The first-order chi connectivity index (χ1) is 11.2. The van der Waals surface area contributed by atoms with E-state index >= 15 is 0 Å². The van der Waals surface area contributed by atoms with E-state index in [2.05, 4.69) is 42.2 Å². The summed E-state index contributed by atoms with van der Waals surface area (Å²) in [4.78, 5) is 2.61. The van der Waals surface area contributed by atoms with Gasteiger partial charge in [-0.2, -0.15) is 0 Å². The molecule has 1 aliphatic rings. The molecule has 1 aliphatic heterocycles. The number of likely N-dealkylation sites (tertiary alicyclic amines) is 1. The highest BCUT2D eigenvalue weighted by Gasteiger charge is 2.31. The summed E-state index contributed by atoms with van der Waals surface area (Å²) in [5.41, 5.74) is 1.41. The largest absolute Gasteiger partial charge is 0.494 e. The first-order valence-corrected chi connectivity index (χ1v) is 8.81. The maximum Gasteiger partial charge on any atom is 0.120 e. The Labute approximate surface area is 144 Å². The van der Waals surface area contributed by atoms with Gasteiger partial charge in [0.15, 0.2) is 0 Å². The summed E-state index contributed by atoms with van der Waals surface area (Å²) in [6, 6.07) is 19.6. The maximum absolute atomic E-state index is 5.97. The summed E-state index contributed by atoms with van der Waals surface area (Å²) in [5, 5.41) is 0.726. The molecular weight excluding hydrogens is 306 g/mol. The Kier molecular flexibility index (Phi) is 5.58. The van der Waals surface area contributed by atoms with Gasteiger partial charge in [-0.25, -0.2) is 0 Å². The van der Waals surface area contributed by atoms with E-state index in [9.17, 15) is 0 Å². The minimum absolute atomic E-state index is 0.504. The van der Waals surface area contributed by atoms with E-state index in [0.717, 1.165) is 23.8 Å². The summed E-state index contributed by atoms with van der Waals surface area (Å²) < 4.78 is 5.78. The standard InChI is InChI=1S/C20H24ClNO/c1-16(17-7-3-2-4-8-17)22-13-12-19(22)10-6-14-23-20-11-5-9-18(21)15-20/h2-5,7-9,11,15-16,19H,6,10,12-14H2,1H3. The van der Waals surface area contributed by atoms with Crippen LogP contribution in [0.4, 0.5) is 0 Å². The van der Waals surface area contributed by atoms with Gasteiger partial charge in [-0.05, 0) is 49.9 Å². The van der Waals surface area contributed by atoms with Crippen LogP contribution in [0, 0.1) is 0 Å². The molecule has 122 valence electrons. The lowest BCUT2D eigenvalue weighted by atomic mass is 9.93. The minimum atomic E-state index is 0.504. The van der Waals surface area contributed by atoms with Crippen LogP contribution >= 0.6 is 11.6 Å². The van der Waals surface area contributed by atoms with Crippen LogP contribution in [-0.4, -0.2) is 24.1 Å². The Morgan fingerprint density at radius 3 is 2.70 bits per heavy atom. The van der Waals surface area contributed by atoms with E-state index in [-0.39, 0.29) is 0 Å². The minimum Gasteiger partial charge on any atom is -0.494 e. The zero-order valence-corrected chi connectivity index (χ0v) is 14.4. The van der Waals surface area contributed by atoms with Crippen molar-refractivity contribution in [1.82, 2.24) is 4.90 Å². The monoisotopic (exact) mass is 329 g/mol. The lowest BCUT2D eigenvalue weighted by Gasteiger charge is -2.45. The molecule has 23 heavy (non-hydrogen) atoms. The SMILES string of the molecule is CC(c1ccccc1)N1CCC1CCCOc1cccc(Cl)c1. The molecule has 2 atom stereocenters. The van der Waals surface area contributed by atoms with Gasteiger partial charge in [0.1, 0.15) is 5.75 Å². The molecule has 2 nitrogen and oxygen atoms in total. The summed E-state index contributed by atoms with van der Waals surface area (Å²) in [6.45, 7) is 4.27. The maximum atomic E-state index is 5.97. The molecule has 0 saturated carbocycles. The molecular formula is C20H24ClNO. The Hall–Kier alpha value is -1.51. The normalized spacial score (nSPS) is 19.1. The summed E-state index contributed by atoms with van der Waals surface area (Å²) in [7, 11) is 0. The molecule has 1 heterocycles. The molecule has 1 saturated heterocycles. The van der Waals surface area contributed by atoms with Gasteiger partial charge in [0.2, 0.25) is 0 Å². The Bertz CT molecular complexity index is 616. The van der Waals surface area contributed by atoms with Gasteiger partial charge in [0.05, 0.1) is 6.61 Å². The van der Waals surface area contributed by atoms with E-state index < -0.39 is 0 Å². The highest BCUT2D eigenvalue weighted by Crippen LogP contribution is 2.32.